The molecule has 1 aliphatic heterocycles. The number of quaternary nitrogens is 1. The van der Waals surface area contributed by atoms with Gasteiger partial charge >= 0.3 is 0 Å². The van der Waals surface area contributed by atoms with E-state index in [1.807, 2.05) is 6.07 Å². The van der Waals surface area contributed by atoms with Crippen LogP contribution in [-0.4, -0.2) is 44.5 Å². The average Bonchev–Trinajstić information content (AvgIpc) is 2.49. The van der Waals surface area contributed by atoms with Crippen molar-refractivity contribution in [3.63, 3.8) is 0 Å². The van der Waals surface area contributed by atoms with Gasteiger partial charge in [0.15, 0.2) is 5.11 Å². The molecule has 5 heteroatoms. The van der Waals surface area contributed by atoms with Gasteiger partial charge in [-0.15, -0.1) is 0 Å². The van der Waals surface area contributed by atoms with Crippen molar-refractivity contribution in [2.24, 2.45) is 0 Å². The smallest absolute Gasteiger partial charge is 0.170 e. The lowest BCUT2D eigenvalue weighted by molar-refractivity contribution is -0.906. The molecule has 0 saturated carbocycles. The summed E-state index contributed by atoms with van der Waals surface area (Å²) < 4.78 is 5.35. The molecule has 1 aliphatic rings. The van der Waals surface area contributed by atoms with Gasteiger partial charge in [0.1, 0.15) is 13.1 Å². The van der Waals surface area contributed by atoms with Crippen LogP contribution in [-0.2, 0) is 11.2 Å². The molecule has 3 N–H and O–H groups in total. The molecule has 1 aromatic carbocycles. The van der Waals surface area contributed by atoms with E-state index >= 15 is 0 Å². The van der Waals surface area contributed by atoms with Gasteiger partial charge in [0.05, 0.1) is 26.3 Å². The maximum atomic E-state index is 5.35. The molecule has 0 aromatic heterocycles. The van der Waals surface area contributed by atoms with Crippen molar-refractivity contribution in [1.29, 1.82) is 0 Å². The fraction of sp³-hybridized carbons (Fsp3) is 0.533. The van der Waals surface area contributed by atoms with E-state index in [9.17, 15) is 0 Å². The molecule has 4 nitrogen and oxygen atoms in total. The van der Waals surface area contributed by atoms with Gasteiger partial charge in [-0.3, -0.25) is 0 Å². The highest BCUT2D eigenvalue weighted by molar-refractivity contribution is 7.80. The summed E-state index contributed by atoms with van der Waals surface area (Å²) in [6, 6.07) is 8.28. The Morgan fingerprint density at radius 2 is 2.05 bits per heavy atom. The molecule has 1 fully saturated rings. The van der Waals surface area contributed by atoms with E-state index in [0.29, 0.717) is 5.11 Å². The number of aryl methyl sites for hydroxylation is 1. The maximum Gasteiger partial charge on any atom is 0.170 e. The van der Waals surface area contributed by atoms with Gasteiger partial charge in [-0.2, -0.15) is 0 Å². The van der Waals surface area contributed by atoms with Crippen molar-refractivity contribution in [2.45, 2.75) is 13.3 Å². The van der Waals surface area contributed by atoms with Crippen LogP contribution in [0.15, 0.2) is 24.3 Å². The highest BCUT2D eigenvalue weighted by Crippen LogP contribution is 2.14. The molecule has 1 heterocycles. The highest BCUT2D eigenvalue weighted by Gasteiger charge is 2.12. The Labute approximate surface area is 126 Å². The molecule has 1 saturated heterocycles. The van der Waals surface area contributed by atoms with Gasteiger partial charge in [-0.1, -0.05) is 25.1 Å². The molecule has 0 atom stereocenters. The van der Waals surface area contributed by atoms with E-state index in [4.69, 9.17) is 17.0 Å². The zero-order chi connectivity index (χ0) is 14.2. The Morgan fingerprint density at radius 3 is 2.80 bits per heavy atom. The van der Waals surface area contributed by atoms with Crippen LogP contribution in [0.4, 0.5) is 5.69 Å². The summed E-state index contributed by atoms with van der Waals surface area (Å²) in [6.45, 7) is 8.08. The van der Waals surface area contributed by atoms with E-state index in [0.717, 1.165) is 51.5 Å². The Hall–Kier alpha value is -1.17. The number of hydrogen-bond donors (Lipinski definition) is 3. The maximum absolute atomic E-state index is 5.35. The second-order valence-electron chi connectivity index (χ2n) is 5.00. The molecule has 20 heavy (non-hydrogen) atoms. The van der Waals surface area contributed by atoms with E-state index in [2.05, 4.69) is 35.8 Å². The molecular weight excluding hydrogens is 270 g/mol. The summed E-state index contributed by atoms with van der Waals surface area (Å²) in [5.74, 6) is 0. The normalized spacial score (nSPS) is 15.8. The first kappa shape index (κ1) is 15.2. The average molecular weight is 294 g/mol. The Balaban J connectivity index is 1.72. The summed E-state index contributed by atoms with van der Waals surface area (Å²) in [6.07, 6.45) is 1.00. The van der Waals surface area contributed by atoms with E-state index < -0.39 is 0 Å². The fourth-order valence-corrected chi connectivity index (χ4v) is 2.59. The number of para-hydroxylation sites is 1. The highest BCUT2D eigenvalue weighted by atomic mass is 32.1. The number of thiocarbonyl (C=S) groups is 1. The van der Waals surface area contributed by atoms with Crippen molar-refractivity contribution >= 4 is 23.0 Å². The van der Waals surface area contributed by atoms with Crippen molar-refractivity contribution in [3.05, 3.63) is 29.8 Å². The molecule has 0 spiro atoms. The fourth-order valence-electron chi connectivity index (χ4n) is 2.38. The molecule has 2 rings (SSSR count). The summed E-state index contributed by atoms with van der Waals surface area (Å²) in [5.41, 5.74) is 2.39. The molecule has 110 valence electrons. The van der Waals surface area contributed by atoms with Gasteiger partial charge in [0.25, 0.3) is 0 Å². The molecule has 0 unspecified atom stereocenters. The van der Waals surface area contributed by atoms with Gasteiger partial charge in [-0.05, 0) is 30.3 Å². The first-order valence-corrected chi connectivity index (χ1v) is 7.74. The van der Waals surface area contributed by atoms with Crippen LogP contribution in [0.3, 0.4) is 0 Å². The lowest BCUT2D eigenvalue weighted by atomic mass is 10.1. The predicted octanol–water partition coefficient (Wildman–Crippen LogP) is 0.451. The SMILES string of the molecule is CCc1ccccc1NC(=S)NCC[NH+]1CCOCC1. The Bertz CT molecular complexity index is 433. The molecular formula is C15H24N3OS+. The van der Waals surface area contributed by atoms with Crippen LogP contribution in [0.5, 0.6) is 0 Å². The van der Waals surface area contributed by atoms with Crippen LogP contribution in [0.25, 0.3) is 0 Å². The number of nitrogens with one attached hydrogen (secondary N) is 3. The molecule has 1 aromatic rings. The minimum atomic E-state index is 0.707. The van der Waals surface area contributed by atoms with Crippen LogP contribution in [0.2, 0.25) is 0 Å². The summed E-state index contributed by atoms with van der Waals surface area (Å²) in [5, 5.41) is 7.28. The first-order valence-electron chi connectivity index (χ1n) is 7.33. The lowest BCUT2D eigenvalue weighted by Gasteiger charge is -2.24. The Morgan fingerprint density at radius 1 is 1.30 bits per heavy atom. The number of morpholine rings is 1. The quantitative estimate of drug-likeness (QED) is 0.690. The molecule has 0 aliphatic carbocycles. The summed E-state index contributed by atoms with van der Waals surface area (Å²) >= 11 is 5.35. The number of rotatable bonds is 5. The minimum absolute atomic E-state index is 0.707. The number of ether oxygens (including phenoxy) is 1. The standard InChI is InChI=1S/C15H23N3OS/c1-2-13-5-3-4-6-14(13)17-15(20)16-7-8-18-9-11-19-12-10-18/h3-6H,2,7-12H2,1H3,(H2,16,17,20)/p+1. The lowest BCUT2D eigenvalue weighted by Crippen LogP contribution is -3.14. The third-order valence-corrected chi connectivity index (χ3v) is 3.86. The van der Waals surface area contributed by atoms with Gasteiger partial charge in [0.2, 0.25) is 0 Å². The van der Waals surface area contributed by atoms with Gasteiger partial charge in [0, 0.05) is 5.69 Å². The van der Waals surface area contributed by atoms with E-state index in [1.165, 1.54) is 5.56 Å². The molecule has 0 radical (unpaired) electrons. The molecule has 0 bridgehead atoms. The van der Waals surface area contributed by atoms with Gasteiger partial charge < -0.3 is 20.3 Å². The summed E-state index contributed by atoms with van der Waals surface area (Å²) in [7, 11) is 0. The zero-order valence-corrected chi connectivity index (χ0v) is 12.9. The summed E-state index contributed by atoms with van der Waals surface area (Å²) in [4.78, 5) is 1.58. The van der Waals surface area contributed by atoms with Crippen molar-refractivity contribution in [2.75, 3.05) is 44.7 Å². The van der Waals surface area contributed by atoms with Gasteiger partial charge in [-0.25, -0.2) is 0 Å². The van der Waals surface area contributed by atoms with Crippen molar-refractivity contribution < 1.29 is 9.64 Å². The van der Waals surface area contributed by atoms with Crippen molar-refractivity contribution in [3.8, 4) is 0 Å². The number of anilines is 1. The van der Waals surface area contributed by atoms with Crippen LogP contribution in [0.1, 0.15) is 12.5 Å². The Kier molecular flexibility index (Phi) is 6.24. The second kappa shape index (κ2) is 8.19. The third-order valence-electron chi connectivity index (χ3n) is 3.61. The molecule has 0 amide bonds. The largest absolute Gasteiger partial charge is 0.370 e. The van der Waals surface area contributed by atoms with E-state index in [1.54, 1.807) is 4.90 Å². The zero-order valence-electron chi connectivity index (χ0n) is 12.1. The van der Waals surface area contributed by atoms with E-state index in [-0.39, 0.29) is 0 Å². The number of hydrogen-bond acceptors (Lipinski definition) is 2. The predicted molar refractivity (Wildman–Crippen MR) is 86.4 cm³/mol. The topological polar surface area (TPSA) is 37.7 Å². The number of benzene rings is 1. The van der Waals surface area contributed by atoms with Crippen molar-refractivity contribution in [1.82, 2.24) is 5.32 Å². The van der Waals surface area contributed by atoms with Crippen LogP contribution in [0, 0.1) is 0 Å². The first-order chi connectivity index (χ1) is 9.79. The third kappa shape index (κ3) is 4.74. The van der Waals surface area contributed by atoms with Crippen LogP contribution < -0.4 is 15.5 Å². The minimum Gasteiger partial charge on any atom is -0.370 e. The van der Waals surface area contributed by atoms with Crippen LogP contribution >= 0.6 is 12.2 Å². The second-order valence-corrected chi connectivity index (χ2v) is 5.41. The monoisotopic (exact) mass is 294 g/mol.